The lowest BCUT2D eigenvalue weighted by atomic mass is 10.1. The standard InChI is InChI=1S/C17H14N2O2/c20-9-16(10-2-1-5-18-8-10)19-17(21)13-4-3-12-14-6-11(14)7-15(12)13/h1-5,7-8,16,20H,6,9H2,(H,19,21)/t16-/m1/s1. The third-order valence-electron chi connectivity index (χ3n) is 4.09. The number of carbonyl (C=O) groups excluding carboxylic acids is 1. The van der Waals surface area contributed by atoms with Gasteiger partial charge in [0.2, 0.25) is 0 Å². The topological polar surface area (TPSA) is 62.2 Å². The fraction of sp³-hybridized carbons (Fsp3) is 0.176. The van der Waals surface area contributed by atoms with Crippen LogP contribution in [0.25, 0.3) is 0 Å². The maximum atomic E-state index is 12.4. The first kappa shape index (κ1) is 12.3. The van der Waals surface area contributed by atoms with Gasteiger partial charge in [0.05, 0.1) is 12.6 Å². The zero-order valence-corrected chi connectivity index (χ0v) is 11.3. The van der Waals surface area contributed by atoms with E-state index in [1.54, 1.807) is 18.5 Å². The highest BCUT2D eigenvalue weighted by Gasteiger charge is 2.35. The van der Waals surface area contributed by atoms with E-state index in [9.17, 15) is 9.90 Å². The van der Waals surface area contributed by atoms with Gasteiger partial charge in [0.1, 0.15) is 0 Å². The Kier molecular flexibility index (Phi) is 2.65. The van der Waals surface area contributed by atoms with Gasteiger partial charge in [-0.15, -0.1) is 0 Å². The van der Waals surface area contributed by atoms with Crippen LogP contribution < -0.4 is 5.32 Å². The maximum absolute atomic E-state index is 12.4. The van der Waals surface area contributed by atoms with Crippen LogP contribution in [0.3, 0.4) is 0 Å². The molecule has 1 amide bonds. The highest BCUT2D eigenvalue weighted by molar-refractivity contribution is 6.02. The number of fused-ring (bicyclic) bond motifs is 2. The number of aliphatic hydroxyl groups is 1. The molecule has 21 heavy (non-hydrogen) atoms. The molecule has 1 aromatic rings. The zero-order valence-electron chi connectivity index (χ0n) is 11.3. The SMILES string of the molecule is O=C(N[C@H](CO)c1cccnc1)C1=C2C=C3CC3=C2C=C1. The number of amides is 1. The van der Waals surface area contributed by atoms with Crippen LogP contribution in [-0.4, -0.2) is 22.6 Å². The van der Waals surface area contributed by atoms with Gasteiger partial charge in [0, 0.05) is 18.0 Å². The van der Waals surface area contributed by atoms with Crippen molar-refractivity contribution in [3.05, 3.63) is 76.2 Å². The van der Waals surface area contributed by atoms with Crippen LogP contribution in [-0.2, 0) is 4.79 Å². The Bertz CT molecular complexity index is 754. The summed E-state index contributed by atoms with van der Waals surface area (Å²) in [6.07, 6.45) is 10.3. The molecule has 2 N–H and O–H groups in total. The quantitative estimate of drug-likeness (QED) is 0.882. The van der Waals surface area contributed by atoms with E-state index in [1.807, 2.05) is 18.2 Å². The summed E-state index contributed by atoms with van der Waals surface area (Å²) >= 11 is 0. The number of hydrogen-bond acceptors (Lipinski definition) is 3. The van der Waals surface area contributed by atoms with Crippen LogP contribution in [0, 0.1) is 0 Å². The van der Waals surface area contributed by atoms with E-state index in [4.69, 9.17) is 0 Å². The summed E-state index contributed by atoms with van der Waals surface area (Å²) in [5, 5.41) is 12.4. The zero-order chi connectivity index (χ0) is 14.4. The number of nitrogens with one attached hydrogen (secondary N) is 1. The van der Waals surface area contributed by atoms with E-state index in [0.717, 1.165) is 17.6 Å². The molecule has 0 unspecified atom stereocenters. The van der Waals surface area contributed by atoms with Gasteiger partial charge in [0.25, 0.3) is 5.91 Å². The fourth-order valence-electron chi connectivity index (χ4n) is 2.89. The Morgan fingerprint density at radius 3 is 3.05 bits per heavy atom. The number of nitrogens with zero attached hydrogens (tertiary/aromatic N) is 1. The van der Waals surface area contributed by atoms with Crippen molar-refractivity contribution in [1.29, 1.82) is 0 Å². The summed E-state index contributed by atoms with van der Waals surface area (Å²) in [4.78, 5) is 16.5. The molecule has 4 nitrogen and oxygen atoms in total. The summed E-state index contributed by atoms with van der Waals surface area (Å²) in [7, 11) is 0. The van der Waals surface area contributed by atoms with Gasteiger partial charge in [-0.05, 0) is 52.5 Å². The number of hydrogen-bond donors (Lipinski definition) is 2. The number of allylic oxidation sites excluding steroid dienone is 6. The van der Waals surface area contributed by atoms with Gasteiger partial charge < -0.3 is 10.4 Å². The van der Waals surface area contributed by atoms with Crippen LogP contribution in [0.2, 0.25) is 0 Å². The molecule has 4 rings (SSSR count). The van der Waals surface area contributed by atoms with E-state index in [0.29, 0.717) is 5.57 Å². The molecule has 0 saturated heterocycles. The lowest BCUT2D eigenvalue weighted by Crippen LogP contribution is -2.31. The van der Waals surface area contributed by atoms with Crippen molar-refractivity contribution in [3.63, 3.8) is 0 Å². The van der Waals surface area contributed by atoms with Gasteiger partial charge in [-0.2, -0.15) is 0 Å². The predicted octanol–water partition coefficient (Wildman–Crippen LogP) is 1.74. The summed E-state index contributed by atoms with van der Waals surface area (Å²) in [5.74, 6) is -0.155. The molecular weight excluding hydrogens is 264 g/mol. The predicted molar refractivity (Wildman–Crippen MR) is 78.1 cm³/mol. The van der Waals surface area contributed by atoms with Gasteiger partial charge >= 0.3 is 0 Å². The second-order valence-corrected chi connectivity index (χ2v) is 5.39. The molecule has 0 radical (unpaired) electrons. The maximum Gasteiger partial charge on any atom is 0.252 e. The highest BCUT2D eigenvalue weighted by atomic mass is 16.3. The average Bonchev–Trinajstić information content (AvgIpc) is 3.00. The Hall–Kier alpha value is -2.46. The molecule has 1 fully saturated rings. The van der Waals surface area contributed by atoms with E-state index < -0.39 is 6.04 Å². The highest BCUT2D eigenvalue weighted by Crippen LogP contribution is 2.51. The van der Waals surface area contributed by atoms with Gasteiger partial charge in [0.15, 0.2) is 0 Å². The average molecular weight is 278 g/mol. The minimum absolute atomic E-state index is 0.154. The third-order valence-corrected chi connectivity index (χ3v) is 4.09. The first-order chi connectivity index (χ1) is 10.3. The van der Waals surface area contributed by atoms with Crippen LogP contribution in [0.5, 0.6) is 0 Å². The smallest absolute Gasteiger partial charge is 0.252 e. The molecule has 104 valence electrons. The Morgan fingerprint density at radius 2 is 2.29 bits per heavy atom. The lowest BCUT2D eigenvalue weighted by molar-refractivity contribution is -0.118. The molecule has 0 spiro atoms. The third kappa shape index (κ3) is 1.96. The van der Waals surface area contributed by atoms with Crippen LogP contribution in [0.4, 0.5) is 0 Å². The Morgan fingerprint density at radius 1 is 1.38 bits per heavy atom. The molecule has 1 heterocycles. The summed E-state index contributed by atoms with van der Waals surface area (Å²) in [5.41, 5.74) is 6.41. The van der Waals surface area contributed by atoms with Crippen LogP contribution in [0.1, 0.15) is 18.0 Å². The van der Waals surface area contributed by atoms with Gasteiger partial charge in [-0.1, -0.05) is 12.1 Å². The summed E-state index contributed by atoms with van der Waals surface area (Å²) in [6.45, 7) is -0.154. The molecule has 0 bridgehead atoms. The van der Waals surface area contributed by atoms with E-state index >= 15 is 0 Å². The number of rotatable bonds is 4. The van der Waals surface area contributed by atoms with Crippen molar-refractivity contribution in [3.8, 4) is 0 Å². The molecule has 4 heteroatoms. The fourth-order valence-corrected chi connectivity index (χ4v) is 2.89. The second-order valence-electron chi connectivity index (χ2n) is 5.39. The Balaban J connectivity index is 1.57. The van der Waals surface area contributed by atoms with Crippen molar-refractivity contribution < 1.29 is 9.90 Å². The number of pyridine rings is 1. The molecule has 1 saturated carbocycles. The normalized spacial score (nSPS) is 19.4. The first-order valence-corrected chi connectivity index (χ1v) is 6.96. The van der Waals surface area contributed by atoms with Crippen molar-refractivity contribution in [2.45, 2.75) is 12.5 Å². The van der Waals surface area contributed by atoms with Crippen LogP contribution in [0.15, 0.2) is 70.6 Å². The van der Waals surface area contributed by atoms with Crippen molar-refractivity contribution in [1.82, 2.24) is 10.3 Å². The van der Waals surface area contributed by atoms with Crippen molar-refractivity contribution >= 4 is 5.91 Å². The molecule has 3 aliphatic carbocycles. The monoisotopic (exact) mass is 278 g/mol. The van der Waals surface area contributed by atoms with Crippen molar-refractivity contribution in [2.24, 2.45) is 0 Å². The minimum atomic E-state index is -0.437. The summed E-state index contributed by atoms with van der Waals surface area (Å²) in [6, 6.07) is 3.20. The Labute approximate surface area is 122 Å². The number of aliphatic hydroxyl groups excluding tert-OH is 1. The largest absolute Gasteiger partial charge is 0.394 e. The van der Waals surface area contributed by atoms with Crippen LogP contribution >= 0.6 is 0 Å². The van der Waals surface area contributed by atoms with E-state index in [1.165, 1.54) is 16.7 Å². The first-order valence-electron chi connectivity index (χ1n) is 6.96. The number of aromatic nitrogens is 1. The molecule has 3 aliphatic rings. The summed E-state index contributed by atoms with van der Waals surface area (Å²) < 4.78 is 0. The molecule has 0 aliphatic heterocycles. The van der Waals surface area contributed by atoms with Crippen molar-refractivity contribution in [2.75, 3.05) is 6.61 Å². The van der Waals surface area contributed by atoms with E-state index in [-0.39, 0.29) is 12.5 Å². The molecule has 1 atom stereocenters. The lowest BCUT2D eigenvalue weighted by Gasteiger charge is -2.16. The van der Waals surface area contributed by atoms with Gasteiger partial charge in [-0.3, -0.25) is 9.78 Å². The molecular formula is C17H14N2O2. The van der Waals surface area contributed by atoms with Gasteiger partial charge in [-0.25, -0.2) is 0 Å². The number of carbonyl (C=O) groups is 1. The molecule has 1 aromatic heterocycles. The molecule has 0 aromatic carbocycles. The second kappa shape index (κ2) is 4.53. The minimum Gasteiger partial charge on any atom is -0.394 e. The van der Waals surface area contributed by atoms with E-state index in [2.05, 4.69) is 16.4 Å².